The van der Waals surface area contributed by atoms with Crippen LogP contribution in [-0.2, 0) is 16.1 Å². The maximum Gasteiger partial charge on any atom is 0.390 e. The van der Waals surface area contributed by atoms with Crippen LogP contribution in [0.4, 0.5) is 5.82 Å². The van der Waals surface area contributed by atoms with Gasteiger partial charge in [-0.25, -0.2) is 0 Å². The second kappa shape index (κ2) is 8.74. The van der Waals surface area contributed by atoms with Crippen LogP contribution in [0, 0.1) is 23.0 Å². The predicted molar refractivity (Wildman–Crippen MR) is 87.7 cm³/mol. The van der Waals surface area contributed by atoms with Crippen LogP contribution >= 0.6 is 0 Å². The fourth-order valence-electron chi connectivity index (χ4n) is 2.62. The molecule has 1 unspecified atom stereocenters. The van der Waals surface area contributed by atoms with Gasteiger partial charge in [0, 0.05) is 19.6 Å². The Bertz CT molecular complexity index is 568. The van der Waals surface area contributed by atoms with Crippen LogP contribution in [0.2, 0.25) is 0 Å². The van der Waals surface area contributed by atoms with Crippen LogP contribution in [0.15, 0.2) is 6.07 Å². The first kappa shape index (κ1) is 18.3. The molecule has 0 saturated carbocycles. The van der Waals surface area contributed by atoms with Crippen molar-refractivity contribution in [3.63, 3.8) is 0 Å². The molecule has 1 aliphatic heterocycles. The fraction of sp³-hybridized carbons (Fsp3) is 0.733. The molecule has 2 rings (SSSR count). The van der Waals surface area contributed by atoms with Gasteiger partial charge in [-0.15, -0.1) is 0 Å². The minimum absolute atomic E-state index is 0.0606. The lowest BCUT2D eigenvalue weighted by Gasteiger charge is -2.26. The monoisotopic (exact) mass is 339 g/mol. The number of ether oxygens (including phenoxy) is 1. The van der Waals surface area contributed by atoms with Crippen LogP contribution in [-0.4, -0.2) is 64.9 Å². The number of nitrogens with one attached hydrogen (secondary N) is 1. The van der Waals surface area contributed by atoms with Gasteiger partial charge in [0.25, 0.3) is 0 Å². The van der Waals surface area contributed by atoms with Crippen molar-refractivity contribution in [1.82, 2.24) is 20.0 Å². The average molecular weight is 339 g/mol. The molecular formula is C15H25N5O4. The smallest absolute Gasteiger partial charge is 0.379 e. The van der Waals surface area contributed by atoms with E-state index in [4.69, 9.17) is 4.74 Å². The van der Waals surface area contributed by atoms with Gasteiger partial charge in [-0.3, -0.25) is 9.69 Å². The van der Waals surface area contributed by atoms with Gasteiger partial charge in [-0.1, -0.05) is 6.92 Å². The van der Waals surface area contributed by atoms with E-state index in [2.05, 4.69) is 15.3 Å². The number of nitro groups is 1. The maximum absolute atomic E-state index is 12.1. The minimum Gasteiger partial charge on any atom is -0.379 e. The molecule has 1 atom stereocenters. The molecule has 1 fully saturated rings. The molecule has 9 nitrogen and oxygen atoms in total. The van der Waals surface area contributed by atoms with Crippen molar-refractivity contribution < 1.29 is 14.5 Å². The molecule has 0 aromatic carbocycles. The summed E-state index contributed by atoms with van der Waals surface area (Å²) in [6.07, 6.45) is 0.894. The lowest BCUT2D eigenvalue weighted by molar-refractivity contribution is -0.389. The molecule has 0 aliphatic carbocycles. The summed E-state index contributed by atoms with van der Waals surface area (Å²) in [7, 11) is 0. The molecule has 1 aromatic rings. The third-order valence-electron chi connectivity index (χ3n) is 4.10. The summed E-state index contributed by atoms with van der Waals surface area (Å²) in [5.41, 5.74) is 0.675. The van der Waals surface area contributed by atoms with Crippen molar-refractivity contribution in [1.29, 1.82) is 0 Å². The Hall–Kier alpha value is -2.00. The van der Waals surface area contributed by atoms with E-state index in [1.807, 2.05) is 0 Å². The Morgan fingerprint density at radius 2 is 2.21 bits per heavy atom. The molecule has 1 aromatic heterocycles. The standard InChI is InChI=1S/C15H25N5O4/c1-12(11-19-13(2)10-14(17-19)20(22)23)15(21)16-4-3-5-18-6-8-24-9-7-18/h10,12H,3-9,11H2,1-2H3,(H,16,21). The second-order valence-corrected chi connectivity index (χ2v) is 6.08. The highest BCUT2D eigenvalue weighted by atomic mass is 16.6. The summed E-state index contributed by atoms with van der Waals surface area (Å²) in [5, 5.41) is 17.6. The van der Waals surface area contributed by atoms with Gasteiger partial charge in [-0.05, 0) is 24.8 Å². The first-order valence-electron chi connectivity index (χ1n) is 8.24. The van der Waals surface area contributed by atoms with Gasteiger partial charge in [-0.2, -0.15) is 4.68 Å². The quantitative estimate of drug-likeness (QED) is 0.422. The first-order chi connectivity index (χ1) is 11.5. The lowest BCUT2D eigenvalue weighted by Crippen LogP contribution is -2.39. The summed E-state index contributed by atoms with van der Waals surface area (Å²) >= 11 is 0. The molecule has 1 aliphatic rings. The zero-order valence-electron chi connectivity index (χ0n) is 14.2. The highest BCUT2D eigenvalue weighted by molar-refractivity contribution is 5.78. The van der Waals surface area contributed by atoms with Crippen molar-refractivity contribution in [2.24, 2.45) is 5.92 Å². The number of rotatable bonds is 8. The number of hydrogen-bond donors (Lipinski definition) is 1. The number of carbonyl (C=O) groups is 1. The number of aromatic nitrogens is 2. The Kier molecular flexibility index (Phi) is 6.68. The molecule has 24 heavy (non-hydrogen) atoms. The van der Waals surface area contributed by atoms with E-state index in [0.29, 0.717) is 18.8 Å². The van der Waals surface area contributed by atoms with Gasteiger partial charge in [0.15, 0.2) is 0 Å². The van der Waals surface area contributed by atoms with Crippen LogP contribution in [0.5, 0.6) is 0 Å². The van der Waals surface area contributed by atoms with E-state index in [1.54, 1.807) is 13.8 Å². The number of carbonyl (C=O) groups excluding carboxylic acids is 1. The van der Waals surface area contributed by atoms with Crippen molar-refractivity contribution >= 4 is 11.7 Å². The SMILES string of the molecule is Cc1cc([N+](=O)[O-])nn1CC(C)C(=O)NCCCN1CCOCC1. The third kappa shape index (κ3) is 5.27. The molecule has 1 saturated heterocycles. The Morgan fingerprint density at radius 3 is 2.83 bits per heavy atom. The Morgan fingerprint density at radius 1 is 1.50 bits per heavy atom. The van der Waals surface area contributed by atoms with E-state index in [1.165, 1.54) is 10.7 Å². The molecule has 9 heteroatoms. The van der Waals surface area contributed by atoms with Gasteiger partial charge in [0.05, 0.1) is 42.5 Å². The Labute approximate surface area is 141 Å². The third-order valence-corrected chi connectivity index (χ3v) is 4.10. The van der Waals surface area contributed by atoms with Crippen molar-refractivity contribution in [3.8, 4) is 0 Å². The van der Waals surface area contributed by atoms with Gasteiger partial charge < -0.3 is 20.2 Å². The van der Waals surface area contributed by atoms with E-state index in [0.717, 1.165) is 39.3 Å². The number of amides is 1. The van der Waals surface area contributed by atoms with Crippen molar-refractivity contribution in [2.75, 3.05) is 39.4 Å². The summed E-state index contributed by atoms with van der Waals surface area (Å²) in [6.45, 7) is 8.88. The molecule has 0 radical (unpaired) electrons. The summed E-state index contributed by atoms with van der Waals surface area (Å²) < 4.78 is 6.81. The number of aryl methyl sites for hydroxylation is 1. The summed E-state index contributed by atoms with van der Waals surface area (Å²) in [6, 6.07) is 1.41. The van der Waals surface area contributed by atoms with E-state index in [-0.39, 0.29) is 17.6 Å². The highest BCUT2D eigenvalue weighted by Gasteiger charge is 2.20. The highest BCUT2D eigenvalue weighted by Crippen LogP contribution is 2.12. The summed E-state index contributed by atoms with van der Waals surface area (Å²) in [4.78, 5) is 24.7. The van der Waals surface area contributed by atoms with Crippen molar-refractivity contribution in [3.05, 3.63) is 21.9 Å². The minimum atomic E-state index is -0.528. The number of hydrogen-bond acceptors (Lipinski definition) is 6. The molecule has 0 bridgehead atoms. The zero-order chi connectivity index (χ0) is 17.5. The van der Waals surface area contributed by atoms with Gasteiger partial charge in [0.1, 0.15) is 0 Å². The normalized spacial score (nSPS) is 16.8. The van der Waals surface area contributed by atoms with Gasteiger partial charge in [0.2, 0.25) is 5.91 Å². The molecule has 2 heterocycles. The fourth-order valence-corrected chi connectivity index (χ4v) is 2.62. The van der Waals surface area contributed by atoms with Crippen LogP contribution in [0.3, 0.4) is 0 Å². The molecule has 0 spiro atoms. The lowest BCUT2D eigenvalue weighted by atomic mass is 10.1. The second-order valence-electron chi connectivity index (χ2n) is 6.08. The largest absolute Gasteiger partial charge is 0.390 e. The van der Waals surface area contributed by atoms with E-state index in [9.17, 15) is 14.9 Å². The molecule has 1 amide bonds. The van der Waals surface area contributed by atoms with Gasteiger partial charge >= 0.3 is 5.82 Å². The predicted octanol–water partition coefficient (Wildman–Crippen LogP) is 0.574. The molecule has 134 valence electrons. The van der Waals surface area contributed by atoms with Crippen LogP contribution < -0.4 is 5.32 Å². The van der Waals surface area contributed by atoms with Crippen molar-refractivity contribution in [2.45, 2.75) is 26.8 Å². The number of morpholine rings is 1. The zero-order valence-corrected chi connectivity index (χ0v) is 14.2. The molecule has 1 N–H and O–H groups in total. The van der Waals surface area contributed by atoms with E-state index < -0.39 is 4.92 Å². The van der Waals surface area contributed by atoms with Crippen LogP contribution in [0.1, 0.15) is 19.0 Å². The number of nitrogens with zero attached hydrogens (tertiary/aromatic N) is 4. The first-order valence-corrected chi connectivity index (χ1v) is 8.24. The molecular weight excluding hydrogens is 314 g/mol. The Balaban J connectivity index is 1.70. The maximum atomic E-state index is 12.1. The summed E-state index contributed by atoms with van der Waals surface area (Å²) in [5.74, 6) is -0.549. The topological polar surface area (TPSA) is 103 Å². The average Bonchev–Trinajstić information content (AvgIpc) is 2.93. The van der Waals surface area contributed by atoms with Crippen LogP contribution in [0.25, 0.3) is 0 Å². The van der Waals surface area contributed by atoms with E-state index >= 15 is 0 Å².